The minimum atomic E-state index is -0.420. The van der Waals surface area contributed by atoms with E-state index in [0.29, 0.717) is 25.1 Å². The van der Waals surface area contributed by atoms with Gasteiger partial charge in [-0.15, -0.1) is 0 Å². The van der Waals surface area contributed by atoms with Gasteiger partial charge in [-0.1, -0.05) is 12.1 Å². The summed E-state index contributed by atoms with van der Waals surface area (Å²) in [5.74, 6) is 0.0768. The monoisotopic (exact) mass is 300 g/mol. The maximum absolute atomic E-state index is 12.2. The number of rotatable bonds is 6. The second-order valence-corrected chi connectivity index (χ2v) is 5.77. The zero-order chi connectivity index (χ0) is 15.8. The highest BCUT2D eigenvalue weighted by atomic mass is 16.2. The van der Waals surface area contributed by atoms with Gasteiger partial charge in [-0.2, -0.15) is 5.26 Å². The van der Waals surface area contributed by atoms with Crippen molar-refractivity contribution >= 4 is 5.91 Å². The summed E-state index contributed by atoms with van der Waals surface area (Å²) >= 11 is 0. The first-order chi connectivity index (χ1) is 10.7. The molecule has 0 radical (unpaired) electrons. The second-order valence-electron chi connectivity index (χ2n) is 5.77. The fourth-order valence-electron chi connectivity index (χ4n) is 2.71. The minimum absolute atomic E-state index is 0.0768. The lowest BCUT2D eigenvalue weighted by atomic mass is 10.1. The number of carbonyl (C=O) groups excluding carboxylic acids is 1. The molecular weight excluding hydrogens is 276 g/mol. The van der Waals surface area contributed by atoms with Crippen LogP contribution in [0.5, 0.6) is 0 Å². The molecule has 5 heteroatoms. The van der Waals surface area contributed by atoms with Crippen molar-refractivity contribution < 1.29 is 4.79 Å². The number of likely N-dealkylation sites (tertiary alicyclic amines) is 1. The first-order valence-electron chi connectivity index (χ1n) is 7.95. The van der Waals surface area contributed by atoms with E-state index in [2.05, 4.69) is 11.4 Å². The van der Waals surface area contributed by atoms with Gasteiger partial charge in [0.15, 0.2) is 0 Å². The highest BCUT2D eigenvalue weighted by Crippen LogP contribution is 2.10. The van der Waals surface area contributed by atoms with Gasteiger partial charge in [0, 0.05) is 19.6 Å². The predicted molar refractivity (Wildman–Crippen MR) is 85.9 cm³/mol. The van der Waals surface area contributed by atoms with Crippen LogP contribution in [-0.2, 0) is 11.3 Å². The largest absolute Gasteiger partial charge is 0.341 e. The van der Waals surface area contributed by atoms with Crippen molar-refractivity contribution in [3.05, 3.63) is 35.4 Å². The normalized spacial score (nSPS) is 16.1. The first kappa shape index (κ1) is 16.5. The summed E-state index contributed by atoms with van der Waals surface area (Å²) in [5.41, 5.74) is 7.73. The maximum Gasteiger partial charge on any atom is 0.239 e. The Bertz CT molecular complexity index is 532. The van der Waals surface area contributed by atoms with Gasteiger partial charge in [0.05, 0.1) is 17.7 Å². The average Bonchev–Trinajstić information content (AvgIpc) is 2.58. The van der Waals surface area contributed by atoms with E-state index in [4.69, 9.17) is 11.0 Å². The number of hydrogen-bond donors (Lipinski definition) is 2. The Labute approximate surface area is 132 Å². The molecule has 0 aliphatic carbocycles. The lowest BCUT2D eigenvalue weighted by Gasteiger charge is -2.29. The molecule has 1 saturated heterocycles. The molecule has 5 nitrogen and oxygen atoms in total. The van der Waals surface area contributed by atoms with Gasteiger partial charge >= 0.3 is 0 Å². The van der Waals surface area contributed by atoms with Crippen LogP contribution in [0.3, 0.4) is 0 Å². The SMILES string of the molecule is N#Cc1cccc(CNCCC(N)C(=O)N2CCCCC2)c1. The number of benzene rings is 1. The Morgan fingerprint density at radius 1 is 1.36 bits per heavy atom. The van der Waals surface area contributed by atoms with Crippen LogP contribution in [0.25, 0.3) is 0 Å². The third kappa shape index (κ3) is 4.83. The van der Waals surface area contributed by atoms with Gasteiger partial charge in [-0.25, -0.2) is 0 Å². The molecular formula is C17H24N4O. The molecule has 1 aliphatic rings. The Morgan fingerprint density at radius 2 is 2.14 bits per heavy atom. The van der Waals surface area contributed by atoms with Crippen LogP contribution in [0, 0.1) is 11.3 Å². The summed E-state index contributed by atoms with van der Waals surface area (Å²) in [7, 11) is 0. The molecule has 2 rings (SSSR count). The van der Waals surface area contributed by atoms with Crippen LogP contribution in [0.4, 0.5) is 0 Å². The predicted octanol–water partition coefficient (Wildman–Crippen LogP) is 1.38. The van der Waals surface area contributed by atoms with Crippen LogP contribution < -0.4 is 11.1 Å². The number of nitrogens with one attached hydrogen (secondary N) is 1. The van der Waals surface area contributed by atoms with Crippen molar-refractivity contribution in [1.82, 2.24) is 10.2 Å². The quantitative estimate of drug-likeness (QED) is 0.778. The van der Waals surface area contributed by atoms with E-state index in [0.717, 1.165) is 31.5 Å². The number of hydrogen-bond acceptors (Lipinski definition) is 4. The molecule has 0 saturated carbocycles. The Kier molecular flexibility index (Phi) is 6.38. The summed E-state index contributed by atoms with van der Waals surface area (Å²) in [4.78, 5) is 14.1. The van der Waals surface area contributed by atoms with E-state index >= 15 is 0 Å². The van der Waals surface area contributed by atoms with Crippen LogP contribution >= 0.6 is 0 Å². The summed E-state index contributed by atoms with van der Waals surface area (Å²) in [6, 6.07) is 9.22. The van der Waals surface area contributed by atoms with Gasteiger partial charge in [-0.05, 0) is 49.9 Å². The fraction of sp³-hybridized carbons (Fsp3) is 0.529. The topological polar surface area (TPSA) is 82.1 Å². The van der Waals surface area contributed by atoms with Crippen LogP contribution in [-0.4, -0.2) is 36.5 Å². The van der Waals surface area contributed by atoms with Gasteiger partial charge in [0.1, 0.15) is 0 Å². The molecule has 0 spiro atoms. The zero-order valence-corrected chi connectivity index (χ0v) is 12.9. The first-order valence-corrected chi connectivity index (χ1v) is 7.95. The highest BCUT2D eigenvalue weighted by molar-refractivity contribution is 5.81. The fourth-order valence-corrected chi connectivity index (χ4v) is 2.71. The van der Waals surface area contributed by atoms with Gasteiger partial charge in [0.2, 0.25) is 5.91 Å². The molecule has 0 bridgehead atoms. The molecule has 22 heavy (non-hydrogen) atoms. The van der Waals surface area contributed by atoms with Crippen molar-refractivity contribution in [3.63, 3.8) is 0 Å². The summed E-state index contributed by atoms with van der Waals surface area (Å²) in [6.45, 7) is 3.07. The molecule has 0 aromatic heterocycles. The summed E-state index contributed by atoms with van der Waals surface area (Å²) < 4.78 is 0. The molecule has 1 heterocycles. The third-order valence-corrected chi connectivity index (χ3v) is 4.00. The molecule has 1 aliphatic heterocycles. The van der Waals surface area contributed by atoms with Crippen molar-refractivity contribution in [2.24, 2.45) is 5.73 Å². The number of nitrogens with zero attached hydrogens (tertiary/aromatic N) is 2. The average molecular weight is 300 g/mol. The maximum atomic E-state index is 12.2. The lowest BCUT2D eigenvalue weighted by Crippen LogP contribution is -2.46. The van der Waals surface area contributed by atoms with Crippen LogP contribution in [0.2, 0.25) is 0 Å². The molecule has 1 unspecified atom stereocenters. The molecule has 1 amide bonds. The van der Waals surface area contributed by atoms with E-state index in [9.17, 15) is 4.79 Å². The van der Waals surface area contributed by atoms with E-state index in [1.54, 1.807) is 6.07 Å². The second kappa shape index (κ2) is 8.52. The standard InChI is InChI=1S/C17H24N4O/c18-12-14-5-4-6-15(11-14)13-20-8-7-16(19)17(22)21-9-2-1-3-10-21/h4-6,11,16,20H,1-3,7-10,13,19H2. The summed E-state index contributed by atoms with van der Waals surface area (Å²) in [5, 5.41) is 12.1. The van der Waals surface area contributed by atoms with Crippen molar-refractivity contribution in [2.75, 3.05) is 19.6 Å². The molecule has 1 aromatic carbocycles. The van der Waals surface area contributed by atoms with Crippen molar-refractivity contribution in [2.45, 2.75) is 38.3 Å². The Balaban J connectivity index is 1.69. The number of piperidine rings is 1. The number of carbonyl (C=O) groups is 1. The zero-order valence-electron chi connectivity index (χ0n) is 12.9. The third-order valence-electron chi connectivity index (χ3n) is 4.00. The number of amides is 1. The van der Waals surface area contributed by atoms with Gasteiger partial charge < -0.3 is 16.0 Å². The molecule has 3 N–H and O–H groups in total. The summed E-state index contributed by atoms with van der Waals surface area (Å²) in [6.07, 6.45) is 4.02. The minimum Gasteiger partial charge on any atom is -0.341 e. The van der Waals surface area contributed by atoms with Gasteiger partial charge in [-0.3, -0.25) is 4.79 Å². The van der Waals surface area contributed by atoms with Crippen LogP contribution in [0.1, 0.15) is 36.8 Å². The van der Waals surface area contributed by atoms with Crippen molar-refractivity contribution in [3.8, 4) is 6.07 Å². The number of nitriles is 1. The lowest BCUT2D eigenvalue weighted by molar-refractivity contribution is -0.133. The number of nitrogens with two attached hydrogens (primary N) is 1. The van der Waals surface area contributed by atoms with E-state index in [1.165, 1.54) is 6.42 Å². The highest BCUT2D eigenvalue weighted by Gasteiger charge is 2.21. The molecule has 1 fully saturated rings. The van der Waals surface area contributed by atoms with E-state index < -0.39 is 6.04 Å². The van der Waals surface area contributed by atoms with Gasteiger partial charge in [0.25, 0.3) is 0 Å². The molecule has 1 atom stereocenters. The Morgan fingerprint density at radius 3 is 2.86 bits per heavy atom. The Hall–Kier alpha value is -1.90. The smallest absolute Gasteiger partial charge is 0.239 e. The van der Waals surface area contributed by atoms with Crippen molar-refractivity contribution in [1.29, 1.82) is 5.26 Å². The van der Waals surface area contributed by atoms with Crippen LogP contribution in [0.15, 0.2) is 24.3 Å². The molecule has 118 valence electrons. The van der Waals surface area contributed by atoms with E-state index in [1.807, 2.05) is 23.1 Å². The molecule has 1 aromatic rings. The van der Waals surface area contributed by atoms with E-state index in [-0.39, 0.29) is 5.91 Å².